The molecule has 0 atom stereocenters. The van der Waals surface area contributed by atoms with Gasteiger partial charge in [0, 0.05) is 26.2 Å². The summed E-state index contributed by atoms with van der Waals surface area (Å²) >= 11 is 0. The van der Waals surface area contributed by atoms with Crippen LogP contribution in [0.2, 0.25) is 0 Å². The second-order valence-corrected chi connectivity index (χ2v) is 6.95. The molecule has 1 aliphatic rings. The molecule has 1 saturated heterocycles. The lowest BCUT2D eigenvalue weighted by Gasteiger charge is -2.33. The highest BCUT2D eigenvalue weighted by atomic mass is 32.2. The molecule has 118 valence electrons. The molecule has 2 rings (SSSR count). The summed E-state index contributed by atoms with van der Waals surface area (Å²) in [7, 11) is -3.83. The molecule has 0 aliphatic carbocycles. The minimum atomic E-state index is -3.83. The van der Waals surface area contributed by atoms with Gasteiger partial charge in [-0.2, -0.15) is 9.40 Å². The summed E-state index contributed by atoms with van der Waals surface area (Å²) < 4.78 is 26.6. The van der Waals surface area contributed by atoms with Gasteiger partial charge in [0.2, 0.25) is 10.0 Å². The molecule has 1 aromatic rings. The van der Waals surface area contributed by atoms with Gasteiger partial charge in [0.25, 0.3) is 0 Å². The summed E-state index contributed by atoms with van der Waals surface area (Å²) in [6, 6.07) is 0. The van der Waals surface area contributed by atoms with Crippen molar-refractivity contribution in [3.8, 4) is 0 Å². The van der Waals surface area contributed by atoms with Crippen molar-refractivity contribution in [3.63, 3.8) is 0 Å². The van der Waals surface area contributed by atoms with Crippen LogP contribution in [0.5, 0.6) is 0 Å². The molecule has 0 spiro atoms. The molecular formula is C12H20N4O4S. The summed E-state index contributed by atoms with van der Waals surface area (Å²) in [5, 5.41) is 15.1. The number of aromatic carboxylic acids is 1. The maximum Gasteiger partial charge on any atom is 0.357 e. The first kappa shape index (κ1) is 15.9. The van der Waals surface area contributed by atoms with Crippen LogP contribution in [0.1, 0.15) is 29.5 Å². The van der Waals surface area contributed by atoms with E-state index in [0.717, 1.165) is 13.0 Å². The number of carboxylic acid groups (broad SMARTS) is 1. The van der Waals surface area contributed by atoms with Gasteiger partial charge in [0.15, 0.2) is 5.69 Å². The Balaban J connectivity index is 2.24. The zero-order valence-electron chi connectivity index (χ0n) is 12.2. The predicted octanol–water partition coefficient (Wildman–Crippen LogP) is 0.133. The lowest BCUT2D eigenvalue weighted by Crippen LogP contribution is -2.48. The molecule has 8 nitrogen and oxygen atoms in total. The maximum absolute atomic E-state index is 12.6. The fraction of sp³-hybridized carbons (Fsp3) is 0.667. The van der Waals surface area contributed by atoms with Crippen LogP contribution in [0.15, 0.2) is 4.90 Å². The highest BCUT2D eigenvalue weighted by Crippen LogP contribution is 2.23. The lowest BCUT2D eigenvalue weighted by atomic mass is 10.3. The fourth-order valence-electron chi connectivity index (χ4n) is 2.52. The van der Waals surface area contributed by atoms with Crippen molar-refractivity contribution in [2.75, 3.05) is 32.7 Å². The van der Waals surface area contributed by atoms with Gasteiger partial charge in [-0.3, -0.25) is 5.10 Å². The van der Waals surface area contributed by atoms with Crippen molar-refractivity contribution in [2.24, 2.45) is 0 Å². The number of hydrogen-bond acceptors (Lipinski definition) is 5. The topological polar surface area (TPSA) is 107 Å². The van der Waals surface area contributed by atoms with E-state index in [2.05, 4.69) is 22.0 Å². The molecule has 0 aromatic carbocycles. The van der Waals surface area contributed by atoms with Crippen LogP contribution in [-0.2, 0) is 10.0 Å². The van der Waals surface area contributed by atoms with Crippen LogP contribution in [0.4, 0.5) is 0 Å². The number of nitrogens with one attached hydrogen (secondary N) is 1. The molecule has 2 N–H and O–H groups in total. The Bertz CT molecular complexity index is 617. The molecular weight excluding hydrogens is 296 g/mol. The summed E-state index contributed by atoms with van der Waals surface area (Å²) in [6.07, 6.45) is 1.02. The number of H-pyrrole nitrogens is 1. The number of aromatic amines is 1. The summed E-state index contributed by atoms with van der Waals surface area (Å²) in [4.78, 5) is 13.1. The van der Waals surface area contributed by atoms with E-state index >= 15 is 0 Å². The van der Waals surface area contributed by atoms with Crippen LogP contribution in [0, 0.1) is 6.92 Å². The Labute approximate surface area is 123 Å². The zero-order chi connectivity index (χ0) is 15.6. The third-order valence-electron chi connectivity index (χ3n) is 3.56. The Kier molecular flexibility index (Phi) is 4.64. The van der Waals surface area contributed by atoms with Crippen LogP contribution in [0.25, 0.3) is 0 Å². The first-order valence-corrected chi connectivity index (χ1v) is 8.32. The maximum atomic E-state index is 12.6. The van der Waals surface area contributed by atoms with Gasteiger partial charge in [-0.1, -0.05) is 6.92 Å². The van der Waals surface area contributed by atoms with E-state index in [-0.39, 0.29) is 10.6 Å². The third kappa shape index (κ3) is 3.09. The monoisotopic (exact) mass is 316 g/mol. The van der Waals surface area contributed by atoms with Gasteiger partial charge in [0.1, 0.15) is 4.90 Å². The van der Waals surface area contributed by atoms with Crippen molar-refractivity contribution in [2.45, 2.75) is 25.2 Å². The van der Waals surface area contributed by atoms with Crippen molar-refractivity contribution < 1.29 is 18.3 Å². The van der Waals surface area contributed by atoms with E-state index < -0.39 is 21.7 Å². The minimum absolute atomic E-state index is 0.223. The summed E-state index contributed by atoms with van der Waals surface area (Å²) in [5.74, 6) is -1.34. The number of nitrogens with zero attached hydrogens (tertiary/aromatic N) is 3. The van der Waals surface area contributed by atoms with Crippen LogP contribution in [0.3, 0.4) is 0 Å². The van der Waals surface area contributed by atoms with Crippen molar-refractivity contribution in [1.82, 2.24) is 19.4 Å². The van der Waals surface area contributed by atoms with Crippen LogP contribution in [-0.4, -0.2) is 71.6 Å². The molecule has 21 heavy (non-hydrogen) atoms. The number of carboxylic acids is 1. The molecule has 0 unspecified atom stereocenters. The van der Waals surface area contributed by atoms with Gasteiger partial charge in [-0.05, 0) is 19.9 Å². The Morgan fingerprint density at radius 1 is 1.33 bits per heavy atom. The SMILES string of the molecule is CCCN1CCN(S(=O)(=O)c2c(C(=O)O)n[nH]c2C)CC1. The number of piperazine rings is 1. The summed E-state index contributed by atoms with van der Waals surface area (Å²) in [6.45, 7) is 6.59. The van der Waals surface area contributed by atoms with E-state index in [4.69, 9.17) is 5.11 Å². The highest BCUT2D eigenvalue weighted by molar-refractivity contribution is 7.89. The van der Waals surface area contributed by atoms with Gasteiger partial charge in [-0.25, -0.2) is 13.2 Å². The van der Waals surface area contributed by atoms with Crippen LogP contribution >= 0.6 is 0 Å². The normalized spacial score (nSPS) is 18.0. The average Bonchev–Trinajstić information content (AvgIpc) is 2.82. The summed E-state index contributed by atoms with van der Waals surface area (Å²) in [5.41, 5.74) is -0.188. The van der Waals surface area contributed by atoms with Gasteiger partial charge < -0.3 is 10.0 Å². The number of aromatic nitrogens is 2. The molecule has 1 aliphatic heterocycles. The fourth-order valence-corrected chi connectivity index (χ4v) is 4.23. The predicted molar refractivity (Wildman–Crippen MR) is 75.8 cm³/mol. The molecule has 9 heteroatoms. The standard InChI is InChI=1S/C12H20N4O4S/c1-3-4-15-5-7-16(8-6-15)21(19,20)11-9(2)13-14-10(11)12(17)18/h3-8H2,1-2H3,(H,13,14)(H,17,18). The highest BCUT2D eigenvalue weighted by Gasteiger charge is 2.34. The largest absolute Gasteiger partial charge is 0.476 e. The molecule has 2 heterocycles. The first-order chi connectivity index (χ1) is 9.87. The van der Waals surface area contributed by atoms with Crippen LogP contribution < -0.4 is 0 Å². The lowest BCUT2D eigenvalue weighted by molar-refractivity contribution is 0.0686. The average molecular weight is 316 g/mol. The van der Waals surface area contributed by atoms with Gasteiger partial charge in [0.05, 0.1) is 5.69 Å². The second-order valence-electron chi connectivity index (χ2n) is 5.08. The molecule has 0 bridgehead atoms. The minimum Gasteiger partial charge on any atom is -0.476 e. The molecule has 1 aromatic heterocycles. The Morgan fingerprint density at radius 3 is 2.48 bits per heavy atom. The number of rotatable bonds is 5. The van der Waals surface area contributed by atoms with E-state index in [9.17, 15) is 13.2 Å². The number of aryl methyl sites for hydroxylation is 1. The number of sulfonamides is 1. The van der Waals surface area contributed by atoms with E-state index in [1.54, 1.807) is 0 Å². The van der Waals surface area contributed by atoms with E-state index in [1.807, 2.05) is 0 Å². The molecule has 0 amide bonds. The smallest absolute Gasteiger partial charge is 0.357 e. The van der Waals surface area contributed by atoms with Crippen molar-refractivity contribution in [1.29, 1.82) is 0 Å². The molecule has 0 radical (unpaired) electrons. The van der Waals surface area contributed by atoms with Gasteiger partial charge >= 0.3 is 5.97 Å². The van der Waals surface area contributed by atoms with E-state index in [0.29, 0.717) is 26.2 Å². The zero-order valence-corrected chi connectivity index (χ0v) is 13.0. The van der Waals surface area contributed by atoms with Crippen molar-refractivity contribution in [3.05, 3.63) is 11.4 Å². The number of carbonyl (C=O) groups is 1. The Hall–Kier alpha value is -1.45. The Morgan fingerprint density at radius 2 is 1.95 bits per heavy atom. The van der Waals surface area contributed by atoms with Crippen molar-refractivity contribution >= 4 is 16.0 Å². The quantitative estimate of drug-likeness (QED) is 0.800. The first-order valence-electron chi connectivity index (χ1n) is 6.88. The third-order valence-corrected chi connectivity index (χ3v) is 5.62. The van der Waals surface area contributed by atoms with Gasteiger partial charge in [-0.15, -0.1) is 0 Å². The molecule has 0 saturated carbocycles. The second kappa shape index (κ2) is 6.12. The number of hydrogen-bond donors (Lipinski definition) is 2. The molecule has 1 fully saturated rings. The van der Waals surface area contributed by atoms with E-state index in [1.165, 1.54) is 11.2 Å².